The summed E-state index contributed by atoms with van der Waals surface area (Å²) >= 11 is 0. The van der Waals surface area contributed by atoms with Gasteiger partial charge < -0.3 is 15.7 Å². The number of anilines is 1. The van der Waals surface area contributed by atoms with Crippen LogP contribution >= 0.6 is 0 Å². The van der Waals surface area contributed by atoms with Crippen LogP contribution in [0.15, 0.2) is 36.4 Å². The van der Waals surface area contributed by atoms with E-state index in [-0.39, 0.29) is 12.3 Å². The number of carbonyl (C=O) groups is 2. The number of aromatic nitrogens is 1. The molecule has 2 aromatic rings. The molecule has 4 N–H and O–H groups in total. The molecule has 0 spiro atoms. The lowest BCUT2D eigenvalue weighted by Crippen LogP contribution is -2.48. The van der Waals surface area contributed by atoms with Crippen LogP contribution in [-0.2, 0) is 34.1 Å². The van der Waals surface area contributed by atoms with E-state index in [0.717, 1.165) is 55.2 Å². The van der Waals surface area contributed by atoms with Crippen LogP contribution in [0.3, 0.4) is 0 Å². The lowest BCUT2D eigenvalue weighted by molar-refractivity contribution is -0.138. The number of pyridine rings is 1. The van der Waals surface area contributed by atoms with Crippen molar-refractivity contribution in [3.05, 3.63) is 58.8 Å². The molecular formula is C34H56N4O5S. The Balaban J connectivity index is 0.000000684. The lowest BCUT2D eigenvalue weighted by atomic mass is 9.80. The van der Waals surface area contributed by atoms with Gasteiger partial charge in [0.1, 0.15) is 11.9 Å². The highest BCUT2D eigenvalue weighted by molar-refractivity contribution is 7.89. The Kier molecular flexibility index (Phi) is 17.2. The van der Waals surface area contributed by atoms with E-state index in [0.29, 0.717) is 11.0 Å². The highest BCUT2D eigenvalue weighted by Crippen LogP contribution is 2.28. The van der Waals surface area contributed by atoms with Crippen molar-refractivity contribution < 1.29 is 23.1 Å². The van der Waals surface area contributed by atoms with Gasteiger partial charge in [0.15, 0.2) is 0 Å². The van der Waals surface area contributed by atoms with Gasteiger partial charge in [-0.15, -0.1) is 0 Å². The van der Waals surface area contributed by atoms with Gasteiger partial charge in [-0.3, -0.25) is 9.59 Å². The Labute approximate surface area is 266 Å². The van der Waals surface area contributed by atoms with E-state index >= 15 is 0 Å². The summed E-state index contributed by atoms with van der Waals surface area (Å²) in [5.74, 6) is -0.238. The van der Waals surface area contributed by atoms with Crippen molar-refractivity contribution >= 4 is 27.7 Å². The number of hydrogen-bond acceptors (Lipinski definition) is 6. The van der Waals surface area contributed by atoms with Crippen molar-refractivity contribution in [1.82, 2.24) is 15.0 Å². The number of aryl methyl sites for hydroxylation is 3. The van der Waals surface area contributed by atoms with Crippen molar-refractivity contribution in [3.63, 3.8) is 0 Å². The first-order chi connectivity index (χ1) is 20.7. The molecule has 0 fully saturated rings. The van der Waals surface area contributed by atoms with E-state index in [1.807, 2.05) is 12.1 Å². The number of sulfonamides is 1. The summed E-state index contributed by atoms with van der Waals surface area (Å²) in [7, 11) is -3.71. The number of amides is 1. The van der Waals surface area contributed by atoms with Crippen molar-refractivity contribution in [1.29, 1.82) is 0 Å². The van der Waals surface area contributed by atoms with E-state index in [4.69, 9.17) is 0 Å². The van der Waals surface area contributed by atoms with E-state index in [1.54, 1.807) is 12.1 Å². The number of carboxylic acids is 1. The molecule has 2 heterocycles. The monoisotopic (exact) mass is 632 g/mol. The summed E-state index contributed by atoms with van der Waals surface area (Å²) in [6.07, 6.45) is 7.66. The van der Waals surface area contributed by atoms with Crippen LogP contribution in [0.1, 0.15) is 108 Å². The molecule has 0 aliphatic carbocycles. The maximum Gasteiger partial charge on any atom is 0.323 e. The van der Waals surface area contributed by atoms with Crippen molar-refractivity contribution in [2.45, 2.75) is 106 Å². The molecule has 2 atom stereocenters. The minimum Gasteiger partial charge on any atom is -0.480 e. The van der Waals surface area contributed by atoms with Crippen molar-refractivity contribution in [2.24, 2.45) is 11.3 Å². The van der Waals surface area contributed by atoms with Gasteiger partial charge in [0.2, 0.25) is 10.0 Å². The molecule has 0 saturated heterocycles. The maximum absolute atomic E-state index is 12.3. The molecule has 2 unspecified atom stereocenters. The largest absolute Gasteiger partial charge is 0.480 e. The smallest absolute Gasteiger partial charge is 0.323 e. The number of benzene rings is 1. The Hall–Kier alpha value is -2.98. The second kappa shape index (κ2) is 19.4. The number of rotatable bonds is 12. The van der Waals surface area contributed by atoms with Crippen molar-refractivity contribution in [3.8, 4) is 0 Å². The van der Waals surface area contributed by atoms with Crippen molar-refractivity contribution in [2.75, 3.05) is 24.2 Å². The van der Waals surface area contributed by atoms with Gasteiger partial charge in [0.05, 0.1) is 5.75 Å². The van der Waals surface area contributed by atoms with Crippen LogP contribution < -0.4 is 15.4 Å². The third-order valence-corrected chi connectivity index (χ3v) is 8.91. The summed E-state index contributed by atoms with van der Waals surface area (Å²) in [6, 6.07) is 9.78. The lowest BCUT2D eigenvalue weighted by Gasteiger charge is -2.26. The van der Waals surface area contributed by atoms with E-state index in [1.165, 1.54) is 31.7 Å². The third kappa shape index (κ3) is 14.7. The second-order valence-electron chi connectivity index (χ2n) is 12.4. The Bertz CT molecular complexity index is 1260. The average molecular weight is 633 g/mol. The van der Waals surface area contributed by atoms with Crippen LogP contribution in [0, 0.1) is 11.3 Å². The van der Waals surface area contributed by atoms with Gasteiger partial charge in [-0.05, 0) is 73.3 Å². The van der Waals surface area contributed by atoms with Crippen LogP contribution in [-0.4, -0.2) is 55.3 Å². The van der Waals surface area contributed by atoms with E-state index in [2.05, 4.69) is 80.9 Å². The minimum absolute atomic E-state index is 0.246. The number of aliphatic carboxylic acids is 1. The maximum atomic E-state index is 12.3. The molecular weight excluding hydrogens is 576 g/mol. The predicted octanol–water partition coefficient (Wildman–Crippen LogP) is 6.23. The van der Waals surface area contributed by atoms with Gasteiger partial charge in [-0.25, -0.2) is 13.4 Å². The quantitative estimate of drug-likeness (QED) is 0.218. The summed E-state index contributed by atoms with van der Waals surface area (Å²) < 4.78 is 25.3. The van der Waals surface area contributed by atoms with Crippen LogP contribution in [0.4, 0.5) is 5.82 Å². The molecule has 1 amide bonds. The predicted molar refractivity (Wildman–Crippen MR) is 181 cm³/mol. The molecule has 0 saturated carbocycles. The van der Waals surface area contributed by atoms with Crippen LogP contribution in [0.5, 0.6) is 0 Å². The first-order valence-corrected chi connectivity index (χ1v) is 17.6. The van der Waals surface area contributed by atoms with E-state index in [9.17, 15) is 23.1 Å². The molecule has 0 radical (unpaired) electrons. The normalized spacial score (nSPS) is 13.9. The Morgan fingerprint density at radius 1 is 1.02 bits per heavy atom. The number of fused-ring (bicyclic) bond motifs is 1. The van der Waals surface area contributed by atoms with Crippen LogP contribution in [0.25, 0.3) is 0 Å². The van der Waals surface area contributed by atoms with Crippen LogP contribution in [0.2, 0.25) is 0 Å². The molecule has 44 heavy (non-hydrogen) atoms. The minimum atomic E-state index is -3.71. The van der Waals surface area contributed by atoms with Gasteiger partial charge in [-0.2, -0.15) is 4.72 Å². The number of nitrogens with zero attached hydrogens (tertiary/aromatic N) is 1. The van der Waals surface area contributed by atoms with Gasteiger partial charge in [-0.1, -0.05) is 85.9 Å². The fourth-order valence-electron chi connectivity index (χ4n) is 4.25. The van der Waals surface area contributed by atoms with E-state index < -0.39 is 27.9 Å². The number of carboxylic acid groups (broad SMARTS) is 1. The number of nitrogens with one attached hydrogen (secondary N) is 3. The summed E-state index contributed by atoms with van der Waals surface area (Å²) in [5, 5.41) is 15.0. The molecule has 3 rings (SSSR count). The first-order valence-electron chi connectivity index (χ1n) is 16.0. The molecule has 1 aromatic heterocycles. The molecule has 1 aliphatic heterocycles. The first kappa shape index (κ1) is 39.0. The molecule has 1 aliphatic rings. The molecule has 0 bridgehead atoms. The Morgan fingerprint density at radius 2 is 1.66 bits per heavy atom. The fraction of sp³-hybridized carbons (Fsp3) is 0.618. The van der Waals surface area contributed by atoms with Gasteiger partial charge in [0.25, 0.3) is 5.91 Å². The summed E-state index contributed by atoms with van der Waals surface area (Å²) in [4.78, 5) is 28.3. The number of hydrogen-bond donors (Lipinski definition) is 4. The SMILES string of the molecule is CCC.CCCC(C)C(C)(C)C.CCS(=O)(=O)NC(CNC(=O)c1ccc(CCc2ccc3c(n2)NCCC3)cc1)C(=O)O. The highest BCUT2D eigenvalue weighted by atomic mass is 32.2. The molecule has 248 valence electrons. The highest BCUT2D eigenvalue weighted by Gasteiger charge is 2.23. The fourth-order valence-corrected chi connectivity index (χ4v) is 5.03. The van der Waals surface area contributed by atoms with Gasteiger partial charge >= 0.3 is 5.97 Å². The Morgan fingerprint density at radius 3 is 2.18 bits per heavy atom. The summed E-state index contributed by atoms with van der Waals surface area (Å²) in [6.45, 7) is 17.8. The topological polar surface area (TPSA) is 137 Å². The molecule has 10 heteroatoms. The molecule has 9 nitrogen and oxygen atoms in total. The zero-order chi connectivity index (χ0) is 33.3. The zero-order valence-electron chi connectivity index (χ0n) is 28.1. The standard InChI is InChI=1S/C22H28N4O5S.C9H20.C3H8/c1-2-32(30,31)26-19(22(28)29)14-24-21(27)17-8-5-15(6-9-17)7-11-18-12-10-16-4-3-13-23-20(16)25-18;1-6-7-8(2)9(3,4)5;1-3-2/h5-6,8-10,12,19,26H,2-4,7,11,13-14H2,1H3,(H,23,25)(H,24,27)(H,28,29);8H,6-7H2,1-5H3;3H2,1-2H3. The van der Waals surface area contributed by atoms with Gasteiger partial charge in [0, 0.05) is 24.3 Å². The summed E-state index contributed by atoms with van der Waals surface area (Å²) in [5.41, 5.74) is 4.19. The second-order valence-corrected chi connectivity index (χ2v) is 14.5. The number of carbonyl (C=O) groups excluding carboxylic acids is 1. The zero-order valence-corrected chi connectivity index (χ0v) is 28.9. The third-order valence-electron chi connectivity index (χ3n) is 7.50. The molecule has 1 aromatic carbocycles. The average Bonchev–Trinajstić information content (AvgIpc) is 2.98.